The summed E-state index contributed by atoms with van der Waals surface area (Å²) < 4.78 is 39.1. The highest BCUT2D eigenvalue weighted by atomic mass is 32.2. The largest absolute Gasteiger partial charge is 0.497 e. The molecular weight excluding hydrogens is 800 g/mol. The molecule has 3 aromatic carbocycles. The summed E-state index contributed by atoms with van der Waals surface area (Å²) in [6, 6.07) is 21.5. The van der Waals surface area contributed by atoms with E-state index in [1.165, 1.54) is 13.2 Å². The minimum Gasteiger partial charge on any atom is -0.497 e. The summed E-state index contributed by atoms with van der Waals surface area (Å²) in [5, 5.41) is 21.4. The van der Waals surface area contributed by atoms with Gasteiger partial charge in [0.05, 0.1) is 42.4 Å². The Morgan fingerprint density at radius 1 is 1.00 bits per heavy atom. The molecule has 7 aromatic rings. The number of ether oxygens (including phenoxy) is 3. The predicted octanol–water partition coefficient (Wildman–Crippen LogP) is 8.91. The number of hydrogen-bond acceptors (Lipinski definition) is 10. The Kier molecular flexibility index (Phi) is 10.9. The first-order valence-corrected chi connectivity index (χ1v) is 22.2. The Hall–Kier alpha value is -5.31. The van der Waals surface area contributed by atoms with E-state index in [1.54, 1.807) is 54.5 Å². The first-order chi connectivity index (χ1) is 29.1. The topological polar surface area (TPSA) is 118 Å². The third kappa shape index (κ3) is 7.32. The highest BCUT2D eigenvalue weighted by Gasteiger charge is 2.72. The number of hydrogen-bond donors (Lipinski definition) is 1. The van der Waals surface area contributed by atoms with Crippen molar-refractivity contribution in [3.05, 3.63) is 118 Å². The fraction of sp³-hybridized carbons (Fsp3) is 0.348. The van der Waals surface area contributed by atoms with Gasteiger partial charge >= 0.3 is 5.97 Å². The maximum atomic E-state index is 16.4. The van der Waals surface area contributed by atoms with Crippen LogP contribution in [-0.4, -0.2) is 61.0 Å². The van der Waals surface area contributed by atoms with Gasteiger partial charge in [-0.1, -0.05) is 18.2 Å². The zero-order valence-electron chi connectivity index (χ0n) is 34.3. The van der Waals surface area contributed by atoms with Crippen LogP contribution in [-0.2, 0) is 54.7 Å². The lowest BCUT2D eigenvalue weighted by Crippen LogP contribution is -2.13. The third-order valence-corrected chi connectivity index (χ3v) is 13.9. The van der Waals surface area contributed by atoms with Gasteiger partial charge in [-0.2, -0.15) is 10.2 Å². The number of nitrogens with zero attached hydrogens (tertiary/aromatic N) is 6. The van der Waals surface area contributed by atoms with E-state index in [0.29, 0.717) is 59.4 Å². The monoisotopic (exact) mass is 846 g/mol. The molecule has 2 saturated carbocycles. The molecule has 4 aromatic heterocycles. The standard InChI is InChI=1S/C46H47FN6O5S2/c1-27-40(41-37(47)15-14-36-35(9-7-17-54)44(45(55)57-5)51(2)43(36)41)38(53(49-27)46-21-30(46)22-46)26-59-24-31-19-32(52(3)50-31)25-60-34-18-29-8-6-16-48-42(29)39(20-34)58-23-28-10-12-33(56-4)13-11-28/h6,8,10-16,18-20,30,54H,7,9,17,21-26H2,1-5H3. The Morgan fingerprint density at radius 2 is 1.80 bits per heavy atom. The number of aryl methyl sites for hydroxylation is 4. The second kappa shape index (κ2) is 16.3. The molecule has 310 valence electrons. The Morgan fingerprint density at radius 3 is 2.53 bits per heavy atom. The van der Waals surface area contributed by atoms with Gasteiger partial charge in [0, 0.05) is 76.6 Å². The summed E-state index contributed by atoms with van der Waals surface area (Å²) in [5.41, 5.74) is 8.67. The number of carbonyl (C=O) groups is 1. The van der Waals surface area contributed by atoms with Gasteiger partial charge in [0.1, 0.15) is 35.1 Å². The number of pyridine rings is 1. The number of carbonyl (C=O) groups excluding carboxylic acids is 1. The highest BCUT2D eigenvalue weighted by Crippen LogP contribution is 2.73. The molecule has 0 radical (unpaired) electrons. The summed E-state index contributed by atoms with van der Waals surface area (Å²) in [6.45, 7) is 2.34. The van der Waals surface area contributed by atoms with Crippen molar-refractivity contribution in [3.63, 3.8) is 0 Å². The van der Waals surface area contributed by atoms with Crippen LogP contribution in [0, 0.1) is 18.7 Å². The fourth-order valence-corrected chi connectivity index (χ4v) is 10.4. The van der Waals surface area contributed by atoms with Gasteiger partial charge in [0.2, 0.25) is 0 Å². The molecule has 0 atom stereocenters. The highest BCUT2D eigenvalue weighted by molar-refractivity contribution is 7.98. The fourth-order valence-electron chi connectivity index (χ4n) is 8.52. The zero-order chi connectivity index (χ0) is 41.7. The summed E-state index contributed by atoms with van der Waals surface area (Å²) >= 11 is 3.47. The number of methoxy groups -OCH3 is 2. The molecule has 60 heavy (non-hydrogen) atoms. The van der Waals surface area contributed by atoms with Crippen LogP contribution in [0.15, 0.2) is 77.8 Å². The quantitative estimate of drug-likeness (QED) is 0.0704. The summed E-state index contributed by atoms with van der Waals surface area (Å²) in [7, 11) is 6.78. The second-order valence-corrected chi connectivity index (χ2v) is 17.8. The van der Waals surface area contributed by atoms with Crippen LogP contribution in [0.4, 0.5) is 4.39 Å². The second-order valence-electron chi connectivity index (χ2n) is 15.7. The molecule has 0 unspecified atom stereocenters. The van der Waals surface area contributed by atoms with E-state index in [1.807, 2.05) is 49.0 Å². The van der Waals surface area contributed by atoms with E-state index in [-0.39, 0.29) is 18.0 Å². The zero-order valence-corrected chi connectivity index (χ0v) is 36.0. The van der Waals surface area contributed by atoms with Crippen molar-refractivity contribution >= 4 is 51.3 Å². The number of fused-ring (bicyclic) bond motifs is 3. The number of halogens is 1. The van der Waals surface area contributed by atoms with Crippen LogP contribution in [0.1, 0.15) is 63.7 Å². The first-order valence-electron chi connectivity index (χ1n) is 20.1. The van der Waals surface area contributed by atoms with Crippen LogP contribution < -0.4 is 9.47 Å². The van der Waals surface area contributed by atoms with Crippen LogP contribution in [0.2, 0.25) is 0 Å². The minimum absolute atomic E-state index is 0.0236. The summed E-state index contributed by atoms with van der Waals surface area (Å²) in [6.07, 6.45) is 4.89. The van der Waals surface area contributed by atoms with Gasteiger partial charge in [-0.25, -0.2) is 9.18 Å². The average Bonchev–Trinajstić information content (AvgIpc) is 4.03. The third-order valence-electron chi connectivity index (χ3n) is 11.9. The molecule has 0 amide bonds. The molecular formula is C46H47FN6O5S2. The molecule has 0 bridgehead atoms. The molecule has 11 nitrogen and oxygen atoms in total. The van der Waals surface area contributed by atoms with Crippen molar-refractivity contribution in [3.8, 4) is 22.6 Å². The summed E-state index contributed by atoms with van der Waals surface area (Å²) in [4.78, 5) is 18.8. The molecule has 0 spiro atoms. The van der Waals surface area contributed by atoms with E-state index < -0.39 is 5.97 Å². The van der Waals surface area contributed by atoms with E-state index in [4.69, 9.17) is 24.4 Å². The van der Waals surface area contributed by atoms with Gasteiger partial charge in [-0.15, -0.1) is 23.5 Å². The molecule has 4 heterocycles. The van der Waals surface area contributed by atoms with Crippen LogP contribution in [0.3, 0.4) is 0 Å². The SMILES string of the molecule is COC(=O)c1c(CCCO)c2ccc(F)c(-c3c(C)nn(C45CC4C5)c3CSCc3cc(CSc4cc(OCc5ccc(OC)cc5)c5ncccc5c4)n(C)n3)c2n1C. The normalized spacial score (nSPS) is 16.7. The average molecular weight is 847 g/mol. The minimum atomic E-state index is -0.490. The molecule has 2 aliphatic rings. The van der Waals surface area contributed by atoms with Gasteiger partial charge in [0.15, 0.2) is 0 Å². The Bertz CT molecular complexity index is 2750. The van der Waals surface area contributed by atoms with Crippen molar-refractivity contribution in [2.45, 2.75) is 66.9 Å². The van der Waals surface area contributed by atoms with Crippen molar-refractivity contribution in [1.29, 1.82) is 0 Å². The number of aromatic nitrogens is 6. The van der Waals surface area contributed by atoms with Crippen molar-refractivity contribution in [2.24, 2.45) is 20.0 Å². The summed E-state index contributed by atoms with van der Waals surface area (Å²) in [5.74, 6) is 3.29. The van der Waals surface area contributed by atoms with E-state index in [0.717, 1.165) is 85.0 Å². The smallest absolute Gasteiger partial charge is 0.354 e. The number of rotatable bonds is 17. The maximum absolute atomic E-state index is 16.4. The lowest BCUT2D eigenvalue weighted by molar-refractivity contribution is 0.0589. The Labute approximate surface area is 356 Å². The molecule has 2 aliphatic carbocycles. The van der Waals surface area contributed by atoms with Gasteiger partial charge < -0.3 is 23.9 Å². The van der Waals surface area contributed by atoms with Crippen LogP contribution in [0.5, 0.6) is 11.5 Å². The lowest BCUT2D eigenvalue weighted by Gasteiger charge is -2.14. The van der Waals surface area contributed by atoms with Gasteiger partial charge in [0.25, 0.3) is 0 Å². The molecule has 9 rings (SSSR count). The van der Waals surface area contributed by atoms with E-state index in [9.17, 15) is 9.90 Å². The van der Waals surface area contributed by atoms with E-state index >= 15 is 4.39 Å². The van der Waals surface area contributed by atoms with Crippen molar-refractivity contribution in [1.82, 2.24) is 29.1 Å². The number of esters is 1. The molecule has 0 saturated heterocycles. The molecule has 1 N–H and O–H groups in total. The first kappa shape index (κ1) is 40.1. The van der Waals surface area contributed by atoms with Crippen LogP contribution in [0.25, 0.3) is 32.9 Å². The lowest BCUT2D eigenvalue weighted by atomic mass is 9.98. The van der Waals surface area contributed by atoms with Crippen LogP contribution >= 0.6 is 23.5 Å². The molecule has 2 fully saturated rings. The Balaban J connectivity index is 0.949. The van der Waals surface area contributed by atoms with Gasteiger partial charge in [-0.05, 0) is 98.2 Å². The van der Waals surface area contributed by atoms with Crippen molar-refractivity contribution in [2.75, 3.05) is 20.8 Å². The van der Waals surface area contributed by atoms with Crippen molar-refractivity contribution < 1.29 is 28.5 Å². The number of aliphatic hydroxyl groups is 1. The number of benzene rings is 3. The van der Waals surface area contributed by atoms with E-state index in [2.05, 4.69) is 33.9 Å². The molecule has 14 heteroatoms. The number of thioether (sulfide) groups is 2. The van der Waals surface area contributed by atoms with Gasteiger partial charge in [-0.3, -0.25) is 14.3 Å². The predicted molar refractivity (Wildman–Crippen MR) is 233 cm³/mol. The number of aliphatic hydroxyl groups excluding tert-OH is 1. The maximum Gasteiger partial charge on any atom is 0.354 e. The molecule has 0 aliphatic heterocycles.